The molecule has 1 fully saturated rings. The Bertz CT molecular complexity index is 682. The summed E-state index contributed by atoms with van der Waals surface area (Å²) in [5.74, 6) is -1.40. The molecule has 0 aliphatic heterocycles. The van der Waals surface area contributed by atoms with E-state index in [0.29, 0.717) is 11.3 Å². The van der Waals surface area contributed by atoms with Crippen molar-refractivity contribution in [3.8, 4) is 0 Å². The van der Waals surface area contributed by atoms with Crippen LogP contribution in [0.15, 0.2) is 18.2 Å². The number of aliphatic carboxylic acids is 1. The molecule has 2 N–H and O–H groups in total. The summed E-state index contributed by atoms with van der Waals surface area (Å²) in [6.07, 6.45) is 4.48. The quantitative estimate of drug-likeness (QED) is 0.598. The number of anilines is 1. The van der Waals surface area contributed by atoms with Crippen LogP contribution in [0.2, 0.25) is 0 Å². The fourth-order valence-corrected chi connectivity index (χ4v) is 3.69. The molecule has 1 saturated carbocycles. The number of carbonyl (C=O) groups is 2. The molecule has 7 heteroatoms. The van der Waals surface area contributed by atoms with Gasteiger partial charge in [0.05, 0.1) is 28.0 Å². The fourth-order valence-electron chi connectivity index (χ4n) is 3.69. The Morgan fingerprint density at radius 2 is 1.96 bits per heavy atom. The molecule has 0 heterocycles. The van der Waals surface area contributed by atoms with Gasteiger partial charge in [0, 0.05) is 6.07 Å². The van der Waals surface area contributed by atoms with Crippen LogP contribution in [0.25, 0.3) is 0 Å². The van der Waals surface area contributed by atoms with Gasteiger partial charge in [-0.05, 0) is 38.7 Å². The summed E-state index contributed by atoms with van der Waals surface area (Å²) in [5.41, 5.74) is -0.396. The number of rotatable bonds is 6. The van der Waals surface area contributed by atoms with Gasteiger partial charge in [0.25, 0.3) is 5.69 Å². The highest BCUT2D eigenvalue weighted by molar-refractivity contribution is 5.98. The van der Waals surface area contributed by atoms with Crippen molar-refractivity contribution >= 4 is 23.3 Å². The first-order valence-electron chi connectivity index (χ1n) is 8.53. The van der Waals surface area contributed by atoms with Crippen molar-refractivity contribution in [1.82, 2.24) is 0 Å². The van der Waals surface area contributed by atoms with Crippen LogP contribution in [-0.4, -0.2) is 21.9 Å². The normalized spacial score (nSPS) is 17.5. The van der Waals surface area contributed by atoms with Crippen molar-refractivity contribution in [3.05, 3.63) is 33.9 Å². The molecule has 0 spiro atoms. The molecule has 0 saturated heterocycles. The van der Waals surface area contributed by atoms with Crippen molar-refractivity contribution < 1.29 is 19.6 Å². The van der Waals surface area contributed by atoms with Crippen molar-refractivity contribution in [2.75, 3.05) is 5.32 Å². The number of nitrogens with one attached hydrogen (secondary N) is 1. The zero-order chi connectivity index (χ0) is 18.6. The van der Waals surface area contributed by atoms with Crippen LogP contribution in [-0.2, 0) is 9.59 Å². The van der Waals surface area contributed by atoms with Gasteiger partial charge in [-0.15, -0.1) is 0 Å². The molecule has 1 aliphatic rings. The molecule has 1 atom stereocenters. The SMILES string of the molecule is Cc1c(NC(=O)C(C)(CC(=O)O)C2CCCCC2)cccc1[N+](=O)[O-]. The Balaban J connectivity index is 2.29. The lowest BCUT2D eigenvalue weighted by Crippen LogP contribution is -2.42. The van der Waals surface area contributed by atoms with Crippen molar-refractivity contribution in [3.63, 3.8) is 0 Å². The highest BCUT2D eigenvalue weighted by Gasteiger charge is 2.43. The van der Waals surface area contributed by atoms with Crippen LogP contribution in [0.1, 0.15) is 51.0 Å². The first-order valence-corrected chi connectivity index (χ1v) is 8.53. The average Bonchev–Trinajstić information content (AvgIpc) is 2.56. The monoisotopic (exact) mass is 348 g/mol. The second-order valence-corrected chi connectivity index (χ2v) is 6.98. The van der Waals surface area contributed by atoms with E-state index in [0.717, 1.165) is 32.1 Å². The number of hydrogen-bond acceptors (Lipinski definition) is 4. The lowest BCUT2D eigenvalue weighted by Gasteiger charge is -2.37. The molecule has 2 rings (SSSR count). The van der Waals surface area contributed by atoms with Crippen molar-refractivity contribution in [2.24, 2.45) is 11.3 Å². The molecule has 1 aliphatic carbocycles. The zero-order valence-electron chi connectivity index (χ0n) is 14.6. The molecule has 1 unspecified atom stereocenters. The van der Waals surface area contributed by atoms with Crippen LogP contribution < -0.4 is 5.32 Å². The molecule has 0 bridgehead atoms. The number of carbonyl (C=O) groups excluding carboxylic acids is 1. The predicted octanol–water partition coefficient (Wildman–Crippen LogP) is 3.90. The van der Waals surface area contributed by atoms with Gasteiger partial charge in [0.1, 0.15) is 0 Å². The standard InChI is InChI=1S/C18H24N2O5/c1-12-14(9-6-10-15(12)20(24)25)19-17(23)18(2,11-16(21)22)13-7-4-3-5-8-13/h6,9-10,13H,3-5,7-8,11H2,1-2H3,(H,19,23)(H,21,22). The van der Waals surface area contributed by atoms with E-state index < -0.39 is 16.3 Å². The first-order chi connectivity index (χ1) is 11.8. The van der Waals surface area contributed by atoms with E-state index in [4.69, 9.17) is 0 Å². The van der Waals surface area contributed by atoms with E-state index in [2.05, 4.69) is 5.32 Å². The van der Waals surface area contributed by atoms with Crippen LogP contribution in [0.5, 0.6) is 0 Å². The Morgan fingerprint density at radius 3 is 2.52 bits per heavy atom. The van der Waals surface area contributed by atoms with Crippen molar-refractivity contribution in [1.29, 1.82) is 0 Å². The Labute approximate surface area is 146 Å². The summed E-state index contributed by atoms with van der Waals surface area (Å²) in [4.78, 5) is 34.9. The van der Waals surface area contributed by atoms with Gasteiger partial charge in [-0.1, -0.05) is 25.3 Å². The fraction of sp³-hybridized carbons (Fsp3) is 0.556. The van der Waals surface area contributed by atoms with Gasteiger partial charge < -0.3 is 10.4 Å². The summed E-state index contributed by atoms with van der Waals surface area (Å²) in [6.45, 7) is 3.27. The molecule has 1 aromatic carbocycles. The summed E-state index contributed by atoms with van der Waals surface area (Å²) >= 11 is 0. The Hall–Kier alpha value is -2.44. The number of nitro benzene ring substituents is 1. The maximum Gasteiger partial charge on any atom is 0.304 e. The molecule has 1 aromatic rings. The molecule has 0 radical (unpaired) electrons. The van der Waals surface area contributed by atoms with Gasteiger partial charge in [0.2, 0.25) is 5.91 Å². The second kappa shape index (κ2) is 7.63. The number of carboxylic acid groups (broad SMARTS) is 1. The molecule has 136 valence electrons. The third-order valence-corrected chi connectivity index (χ3v) is 5.29. The molecule has 7 nitrogen and oxygen atoms in total. The van der Waals surface area contributed by atoms with Gasteiger partial charge in [-0.25, -0.2) is 0 Å². The molecule has 1 amide bonds. The summed E-state index contributed by atoms with van der Waals surface area (Å²) in [6, 6.07) is 4.49. The van der Waals surface area contributed by atoms with Crippen molar-refractivity contribution in [2.45, 2.75) is 52.4 Å². The number of carboxylic acids is 1. The van der Waals surface area contributed by atoms with E-state index >= 15 is 0 Å². The predicted molar refractivity (Wildman–Crippen MR) is 93.4 cm³/mol. The first kappa shape index (κ1) is 18.9. The molecular weight excluding hydrogens is 324 g/mol. The van der Waals surface area contributed by atoms with Gasteiger partial charge in [0.15, 0.2) is 0 Å². The van der Waals surface area contributed by atoms with Gasteiger partial charge in [-0.2, -0.15) is 0 Å². The van der Waals surface area contributed by atoms with Gasteiger partial charge in [-0.3, -0.25) is 19.7 Å². The minimum Gasteiger partial charge on any atom is -0.481 e. The summed E-state index contributed by atoms with van der Waals surface area (Å²) in [7, 11) is 0. The van der Waals surface area contributed by atoms with Crippen LogP contribution in [0.4, 0.5) is 11.4 Å². The Morgan fingerprint density at radius 1 is 1.32 bits per heavy atom. The second-order valence-electron chi connectivity index (χ2n) is 6.98. The number of amides is 1. The topological polar surface area (TPSA) is 110 Å². The van der Waals surface area contributed by atoms with E-state index in [9.17, 15) is 24.8 Å². The molecule has 25 heavy (non-hydrogen) atoms. The van der Waals surface area contributed by atoms with Gasteiger partial charge >= 0.3 is 5.97 Å². The van der Waals surface area contributed by atoms with E-state index in [1.807, 2.05) is 0 Å². The minimum atomic E-state index is -1.04. The van der Waals surface area contributed by atoms with Crippen LogP contribution >= 0.6 is 0 Å². The maximum absolute atomic E-state index is 13.0. The highest BCUT2D eigenvalue weighted by Crippen LogP contribution is 2.42. The third kappa shape index (κ3) is 4.15. The molecule has 0 aromatic heterocycles. The Kier molecular flexibility index (Phi) is 5.77. The highest BCUT2D eigenvalue weighted by atomic mass is 16.6. The third-order valence-electron chi connectivity index (χ3n) is 5.29. The largest absolute Gasteiger partial charge is 0.481 e. The number of nitrogens with zero attached hydrogens (tertiary/aromatic N) is 1. The maximum atomic E-state index is 13.0. The zero-order valence-corrected chi connectivity index (χ0v) is 14.6. The smallest absolute Gasteiger partial charge is 0.304 e. The minimum absolute atomic E-state index is 0.00338. The van der Waals surface area contributed by atoms with Crippen LogP contribution in [0, 0.1) is 28.4 Å². The molecular formula is C18H24N2O5. The van der Waals surface area contributed by atoms with E-state index in [1.165, 1.54) is 12.1 Å². The number of nitro groups is 1. The van der Waals surface area contributed by atoms with Crippen LogP contribution in [0.3, 0.4) is 0 Å². The summed E-state index contributed by atoms with van der Waals surface area (Å²) < 4.78 is 0. The lowest BCUT2D eigenvalue weighted by molar-refractivity contribution is -0.385. The lowest BCUT2D eigenvalue weighted by atomic mass is 9.67. The number of hydrogen-bond donors (Lipinski definition) is 2. The number of benzene rings is 1. The van der Waals surface area contributed by atoms with E-state index in [-0.39, 0.29) is 23.9 Å². The van der Waals surface area contributed by atoms with E-state index in [1.54, 1.807) is 19.9 Å². The average molecular weight is 348 g/mol. The summed E-state index contributed by atoms with van der Waals surface area (Å²) in [5, 5.41) is 23.1.